The molecule has 0 bridgehead atoms. The summed E-state index contributed by atoms with van der Waals surface area (Å²) in [4.78, 5) is 3.46. The molecular formula is C8H4BrF5IN. The van der Waals surface area contributed by atoms with Crippen molar-refractivity contribution in [3.63, 3.8) is 0 Å². The quantitative estimate of drug-likeness (QED) is 0.299. The summed E-state index contributed by atoms with van der Waals surface area (Å²) in [6, 6.07) is 0. The van der Waals surface area contributed by atoms with Crippen molar-refractivity contribution in [2.75, 3.05) is 0 Å². The first-order valence-corrected chi connectivity index (χ1v) is 6.07. The van der Waals surface area contributed by atoms with E-state index < -0.39 is 27.4 Å². The molecule has 0 atom stereocenters. The van der Waals surface area contributed by atoms with Gasteiger partial charge in [-0.25, -0.2) is 13.8 Å². The Morgan fingerprint density at radius 1 is 1.38 bits per heavy atom. The SMILES string of the molecule is FC(F)c1c(CBr)cnc(I)c1C(F)(F)F. The van der Waals surface area contributed by atoms with Crippen molar-refractivity contribution in [3.05, 3.63) is 26.6 Å². The standard InChI is InChI=1S/C8H4BrF5IN/c9-1-3-2-16-7(15)5(8(12,13)14)4(3)6(10)11/h2,6H,1H2. The lowest BCUT2D eigenvalue weighted by atomic mass is 10.1. The van der Waals surface area contributed by atoms with Crippen LogP contribution in [0.25, 0.3) is 0 Å². The normalized spacial score (nSPS) is 12.2. The molecule has 0 aliphatic carbocycles. The second-order valence-electron chi connectivity index (χ2n) is 2.80. The first-order chi connectivity index (χ1) is 7.29. The maximum absolute atomic E-state index is 12.6. The Morgan fingerprint density at radius 3 is 2.31 bits per heavy atom. The summed E-state index contributed by atoms with van der Waals surface area (Å²) in [6.45, 7) is 0. The van der Waals surface area contributed by atoms with Crippen molar-refractivity contribution in [3.8, 4) is 0 Å². The fourth-order valence-corrected chi connectivity index (χ4v) is 2.35. The Morgan fingerprint density at radius 2 is 1.94 bits per heavy atom. The zero-order valence-electron chi connectivity index (χ0n) is 7.45. The average Bonchev–Trinajstić information content (AvgIpc) is 2.15. The number of alkyl halides is 6. The molecule has 1 aromatic rings. The van der Waals surface area contributed by atoms with Crippen LogP contribution in [0.15, 0.2) is 6.20 Å². The van der Waals surface area contributed by atoms with Gasteiger partial charge in [0.25, 0.3) is 6.43 Å². The van der Waals surface area contributed by atoms with Crippen molar-refractivity contribution >= 4 is 38.5 Å². The predicted octanol–water partition coefficient (Wildman–Crippen LogP) is 4.54. The van der Waals surface area contributed by atoms with Crippen LogP contribution in [0.1, 0.15) is 23.1 Å². The molecule has 1 heterocycles. The summed E-state index contributed by atoms with van der Waals surface area (Å²) in [5.41, 5.74) is -2.49. The minimum Gasteiger partial charge on any atom is -0.249 e. The molecule has 0 saturated carbocycles. The molecular weight excluding hydrogens is 412 g/mol. The van der Waals surface area contributed by atoms with Gasteiger partial charge in [0, 0.05) is 17.1 Å². The Balaban J connectivity index is 3.55. The maximum atomic E-state index is 12.6. The topological polar surface area (TPSA) is 12.9 Å². The van der Waals surface area contributed by atoms with E-state index in [9.17, 15) is 22.0 Å². The van der Waals surface area contributed by atoms with Crippen molar-refractivity contribution < 1.29 is 22.0 Å². The first kappa shape index (κ1) is 14.1. The van der Waals surface area contributed by atoms with Crippen LogP contribution >= 0.6 is 38.5 Å². The van der Waals surface area contributed by atoms with Crippen LogP contribution in [0.3, 0.4) is 0 Å². The molecule has 0 radical (unpaired) electrons. The van der Waals surface area contributed by atoms with Crippen molar-refractivity contribution in [1.82, 2.24) is 4.98 Å². The van der Waals surface area contributed by atoms with Crippen LogP contribution in [0.2, 0.25) is 0 Å². The van der Waals surface area contributed by atoms with Gasteiger partial charge in [0.2, 0.25) is 0 Å². The van der Waals surface area contributed by atoms with E-state index >= 15 is 0 Å². The van der Waals surface area contributed by atoms with Crippen LogP contribution in [-0.4, -0.2) is 4.98 Å². The van der Waals surface area contributed by atoms with Crippen LogP contribution in [0.5, 0.6) is 0 Å². The van der Waals surface area contributed by atoms with Crippen LogP contribution in [0, 0.1) is 3.70 Å². The van der Waals surface area contributed by atoms with Crippen LogP contribution < -0.4 is 0 Å². The van der Waals surface area contributed by atoms with E-state index in [4.69, 9.17) is 0 Å². The lowest BCUT2D eigenvalue weighted by Gasteiger charge is -2.16. The highest BCUT2D eigenvalue weighted by atomic mass is 127. The molecule has 0 aliphatic rings. The smallest absolute Gasteiger partial charge is 0.249 e. The number of halogens is 7. The largest absolute Gasteiger partial charge is 0.419 e. The second kappa shape index (κ2) is 5.11. The molecule has 0 fully saturated rings. The monoisotopic (exact) mass is 415 g/mol. The minimum atomic E-state index is -4.83. The van der Waals surface area contributed by atoms with E-state index in [1.807, 2.05) is 0 Å². The fourth-order valence-electron chi connectivity index (χ4n) is 1.17. The highest BCUT2D eigenvalue weighted by Crippen LogP contribution is 2.40. The van der Waals surface area contributed by atoms with E-state index in [0.717, 1.165) is 6.20 Å². The number of aromatic nitrogens is 1. The zero-order chi connectivity index (χ0) is 12.5. The van der Waals surface area contributed by atoms with Gasteiger partial charge in [0.15, 0.2) is 0 Å². The number of nitrogens with zero attached hydrogens (tertiary/aromatic N) is 1. The van der Waals surface area contributed by atoms with Crippen molar-refractivity contribution in [2.24, 2.45) is 0 Å². The summed E-state index contributed by atoms with van der Waals surface area (Å²) in [5.74, 6) is 0. The molecule has 1 rings (SSSR count). The summed E-state index contributed by atoms with van der Waals surface area (Å²) < 4.78 is 62.6. The van der Waals surface area contributed by atoms with E-state index in [2.05, 4.69) is 20.9 Å². The molecule has 0 unspecified atom stereocenters. The summed E-state index contributed by atoms with van der Waals surface area (Å²) in [6.07, 6.45) is -6.98. The predicted molar refractivity (Wildman–Crippen MR) is 59.5 cm³/mol. The summed E-state index contributed by atoms with van der Waals surface area (Å²) in [5, 5.41) is -0.0975. The fraction of sp³-hybridized carbons (Fsp3) is 0.375. The molecule has 1 nitrogen and oxygen atoms in total. The van der Waals surface area contributed by atoms with E-state index in [1.165, 1.54) is 22.6 Å². The van der Waals surface area contributed by atoms with Gasteiger partial charge in [-0.1, -0.05) is 15.9 Å². The van der Waals surface area contributed by atoms with E-state index in [1.54, 1.807) is 0 Å². The minimum absolute atomic E-state index is 0.0975. The molecule has 0 N–H and O–H groups in total. The second-order valence-corrected chi connectivity index (χ2v) is 4.38. The van der Waals surface area contributed by atoms with E-state index in [0.29, 0.717) is 0 Å². The number of hydrogen-bond acceptors (Lipinski definition) is 1. The summed E-state index contributed by atoms with van der Waals surface area (Å²) in [7, 11) is 0. The average molecular weight is 416 g/mol. The number of pyridine rings is 1. The number of rotatable bonds is 2. The van der Waals surface area contributed by atoms with Gasteiger partial charge < -0.3 is 0 Å². The van der Waals surface area contributed by atoms with Crippen molar-refractivity contribution in [1.29, 1.82) is 0 Å². The number of hydrogen-bond donors (Lipinski definition) is 0. The van der Waals surface area contributed by atoms with Crippen LogP contribution in [0.4, 0.5) is 22.0 Å². The third-order valence-corrected chi connectivity index (χ3v) is 3.22. The van der Waals surface area contributed by atoms with Gasteiger partial charge >= 0.3 is 6.18 Å². The van der Waals surface area contributed by atoms with Gasteiger partial charge in [-0.2, -0.15) is 13.2 Å². The van der Waals surface area contributed by atoms with Gasteiger partial charge in [0.05, 0.1) is 5.56 Å². The van der Waals surface area contributed by atoms with E-state index in [-0.39, 0.29) is 10.9 Å². The molecule has 0 saturated heterocycles. The molecule has 8 heteroatoms. The Bertz CT molecular complexity index is 393. The third-order valence-electron chi connectivity index (χ3n) is 1.80. The van der Waals surface area contributed by atoms with Crippen LogP contribution in [-0.2, 0) is 11.5 Å². The molecule has 16 heavy (non-hydrogen) atoms. The highest BCUT2D eigenvalue weighted by molar-refractivity contribution is 14.1. The molecule has 0 aromatic carbocycles. The lowest BCUT2D eigenvalue weighted by Crippen LogP contribution is -2.15. The van der Waals surface area contributed by atoms with Crippen molar-refractivity contribution in [2.45, 2.75) is 17.9 Å². The lowest BCUT2D eigenvalue weighted by molar-refractivity contribution is -0.140. The van der Waals surface area contributed by atoms with Gasteiger partial charge in [-0.05, 0) is 28.2 Å². The molecule has 0 aliphatic heterocycles. The van der Waals surface area contributed by atoms with Gasteiger partial charge in [0.1, 0.15) is 3.70 Å². The molecule has 0 spiro atoms. The van der Waals surface area contributed by atoms with Gasteiger partial charge in [-0.3, -0.25) is 0 Å². The summed E-state index contributed by atoms with van der Waals surface area (Å²) >= 11 is 4.16. The first-order valence-electron chi connectivity index (χ1n) is 3.87. The molecule has 90 valence electrons. The maximum Gasteiger partial charge on any atom is 0.419 e. The zero-order valence-corrected chi connectivity index (χ0v) is 11.2. The third kappa shape index (κ3) is 2.82. The Hall–Kier alpha value is 0.01000. The molecule has 1 aromatic heterocycles. The highest BCUT2D eigenvalue weighted by Gasteiger charge is 2.39. The van der Waals surface area contributed by atoms with Gasteiger partial charge in [-0.15, -0.1) is 0 Å². The Labute approximate surface area is 110 Å². The Kier molecular flexibility index (Phi) is 4.49. The molecule has 0 amide bonds.